The van der Waals surface area contributed by atoms with Gasteiger partial charge in [-0.2, -0.15) is 0 Å². The van der Waals surface area contributed by atoms with Crippen molar-refractivity contribution in [3.63, 3.8) is 0 Å². The highest BCUT2D eigenvalue weighted by Gasteiger charge is 2.37. The van der Waals surface area contributed by atoms with Gasteiger partial charge in [-0.25, -0.2) is 14.4 Å². The van der Waals surface area contributed by atoms with Crippen molar-refractivity contribution in [3.05, 3.63) is 107 Å². The predicted octanol–water partition coefficient (Wildman–Crippen LogP) is 8.57. The van der Waals surface area contributed by atoms with E-state index in [1.165, 1.54) is 57.4 Å². The molecule has 4 aromatic rings. The number of nitrogens with zero attached hydrogens (tertiary/aromatic N) is 2. The molecule has 7 amide bonds. The monoisotopic (exact) mass is 1160 g/mol. The lowest BCUT2D eigenvalue weighted by Crippen LogP contribution is -2.57. The molecule has 0 spiro atoms. The van der Waals surface area contributed by atoms with Crippen LogP contribution in [-0.2, 0) is 44.6 Å². The van der Waals surface area contributed by atoms with Gasteiger partial charge in [-0.3, -0.25) is 39.2 Å². The van der Waals surface area contributed by atoms with Crippen LogP contribution in [0.25, 0.3) is 22.3 Å². The average molecular weight is 1160 g/mol. The van der Waals surface area contributed by atoms with Crippen molar-refractivity contribution in [1.29, 1.82) is 0 Å². The normalized spacial score (nSPS) is 15.9. The molecule has 1 heterocycles. The Kier molecular flexibility index (Phi) is 21.7. The summed E-state index contributed by atoms with van der Waals surface area (Å²) in [6.07, 6.45) is -2.57. The molecule has 0 fully saturated rings. The summed E-state index contributed by atoms with van der Waals surface area (Å²) in [6, 6.07) is 16.5. The molecule has 0 aromatic heterocycles. The van der Waals surface area contributed by atoms with Gasteiger partial charge in [0.25, 0.3) is 17.7 Å². The van der Waals surface area contributed by atoms with Crippen LogP contribution in [0.4, 0.5) is 14.4 Å². The summed E-state index contributed by atoms with van der Waals surface area (Å²) in [7, 11) is 2.58. The summed E-state index contributed by atoms with van der Waals surface area (Å²) in [5.41, 5.74) is 1.90. The first-order valence-corrected chi connectivity index (χ1v) is 27.0. The molecule has 4 bridgehead atoms. The second-order valence-electron chi connectivity index (χ2n) is 22.2. The Morgan fingerprint density at radius 3 is 1.79 bits per heavy atom. The largest absolute Gasteiger partial charge is 0.514 e. The van der Waals surface area contributed by atoms with E-state index in [1.807, 2.05) is 12.1 Å². The van der Waals surface area contributed by atoms with Crippen LogP contribution in [0, 0.1) is 0 Å². The van der Waals surface area contributed by atoms with E-state index in [-0.39, 0.29) is 59.6 Å². The number of rotatable bonds is 14. The van der Waals surface area contributed by atoms with Gasteiger partial charge in [0.2, 0.25) is 17.7 Å². The predicted molar refractivity (Wildman–Crippen MR) is 302 cm³/mol. The molecule has 0 saturated carbocycles. The number of alkyl carbamates (subject to hydrolysis) is 1. The molecule has 1 aliphatic heterocycles. The summed E-state index contributed by atoms with van der Waals surface area (Å²) >= 11 is 11.9. The lowest BCUT2D eigenvalue weighted by atomic mass is 9.93. The van der Waals surface area contributed by atoms with E-state index >= 15 is 9.59 Å². The Morgan fingerprint density at radius 1 is 0.691 bits per heavy atom. The molecule has 5 rings (SSSR count). The minimum absolute atomic E-state index is 0.00210. The van der Waals surface area contributed by atoms with Crippen LogP contribution in [0.2, 0.25) is 5.02 Å². The van der Waals surface area contributed by atoms with Crippen molar-refractivity contribution >= 4 is 77.0 Å². The number of carbonyl (C=O) groups excluding carboxylic acids is 9. The Hall–Kier alpha value is -7.91. The van der Waals surface area contributed by atoms with Crippen molar-refractivity contribution < 1.29 is 66.8 Å². The number of nitrogens with one attached hydrogen (secondary N) is 5. The third-order valence-corrected chi connectivity index (χ3v) is 12.4. The first-order valence-electron chi connectivity index (χ1n) is 26.0. The lowest BCUT2D eigenvalue weighted by molar-refractivity contribution is -0.142. The maximum Gasteiger partial charge on any atom is 0.514 e. The van der Waals surface area contributed by atoms with Crippen LogP contribution in [0.15, 0.2) is 84.9 Å². The van der Waals surface area contributed by atoms with Crippen LogP contribution in [0.3, 0.4) is 0 Å². The van der Waals surface area contributed by atoms with Gasteiger partial charge in [0.05, 0.1) is 0 Å². The maximum absolute atomic E-state index is 15.2. The number of likely N-dealkylation sites (N-methyl/N-ethyl adjacent to an activating group) is 1. The Morgan fingerprint density at radius 2 is 1.23 bits per heavy atom. The number of hydrogen-bond donors (Lipinski definition) is 5. The molecular formula is C58H71Cl2N7O14. The number of ether oxygens (including phenoxy) is 5. The quantitative estimate of drug-likeness (QED) is 0.0198. The van der Waals surface area contributed by atoms with Crippen molar-refractivity contribution in [1.82, 2.24) is 36.6 Å². The number of carbonyl (C=O) groups is 9. The molecule has 0 aliphatic carbocycles. The van der Waals surface area contributed by atoms with Gasteiger partial charge in [0.1, 0.15) is 58.3 Å². The number of halogens is 2. The SMILES string of the molecule is C[C@@H]1NC(=O)[C@@H](N(C)C(=O)[C@H](CCCCNC(=O)OC(C)(C)C)NC(=O)c2ccc(-c3ccc(Cl)cc3)cc2)c2ccc(OC(=O)OC(C)(C)C)c(c2)-c2cc(ccc2OC(=O)OC(C)(C)C)C[C@@H](C(=O)NN(C)C(=O)CCl)NC1=O. The van der Waals surface area contributed by atoms with E-state index in [0.717, 1.165) is 21.0 Å². The van der Waals surface area contributed by atoms with Gasteiger partial charge in [-0.15, -0.1) is 11.6 Å². The minimum atomic E-state index is -1.65. The molecule has 4 aromatic carbocycles. The Bertz CT molecular complexity index is 2970. The van der Waals surface area contributed by atoms with E-state index in [4.69, 9.17) is 46.9 Å². The molecule has 81 heavy (non-hydrogen) atoms. The van der Waals surface area contributed by atoms with Crippen LogP contribution in [-0.4, -0.2) is 125 Å². The fraction of sp³-hybridized carbons (Fsp3) is 0.431. The van der Waals surface area contributed by atoms with Crippen LogP contribution in [0.5, 0.6) is 11.5 Å². The van der Waals surface area contributed by atoms with Crippen LogP contribution in [0.1, 0.15) is 116 Å². The van der Waals surface area contributed by atoms with Gasteiger partial charge in [0.15, 0.2) is 0 Å². The molecule has 0 saturated heterocycles. The van der Waals surface area contributed by atoms with Gasteiger partial charge in [0, 0.05) is 48.8 Å². The number of amides is 7. The van der Waals surface area contributed by atoms with Crippen LogP contribution < -0.4 is 36.2 Å². The molecule has 1 aliphatic rings. The fourth-order valence-electron chi connectivity index (χ4n) is 8.09. The van der Waals surface area contributed by atoms with Crippen LogP contribution >= 0.6 is 23.2 Å². The van der Waals surface area contributed by atoms with Crippen molar-refractivity contribution in [2.45, 2.75) is 136 Å². The zero-order valence-corrected chi connectivity index (χ0v) is 49.0. The zero-order valence-electron chi connectivity index (χ0n) is 47.5. The van der Waals surface area contributed by atoms with Crippen molar-refractivity contribution in [3.8, 4) is 33.8 Å². The Labute approximate surface area is 481 Å². The van der Waals surface area contributed by atoms with Gasteiger partial charge < -0.3 is 49.9 Å². The summed E-state index contributed by atoms with van der Waals surface area (Å²) in [6.45, 7) is 16.4. The van der Waals surface area contributed by atoms with Gasteiger partial charge in [-0.1, -0.05) is 48.0 Å². The average Bonchev–Trinajstić information content (AvgIpc) is 3.47. The molecule has 5 N–H and O–H groups in total. The smallest absolute Gasteiger partial charge is 0.444 e. The summed E-state index contributed by atoms with van der Waals surface area (Å²) < 4.78 is 28.0. The topological polar surface area (TPSA) is 266 Å². The maximum atomic E-state index is 15.2. The first-order chi connectivity index (χ1) is 37.8. The van der Waals surface area contributed by atoms with Crippen molar-refractivity contribution in [2.24, 2.45) is 0 Å². The first kappa shape index (κ1) is 63.9. The second kappa shape index (κ2) is 27.5. The minimum Gasteiger partial charge on any atom is -0.444 e. The number of unbranched alkanes of at least 4 members (excludes halogenated alkanes) is 1. The standard InChI is InChI=1S/C58H71Cl2N7O14/c1-33-48(69)64-43(50(71)65-67(12)46(68)32-59)30-34-16-26-44(77-54(75)80-57(5,6)7)40(29-34)41-31-38(23-27-45(41)78-55(76)81-58(8,9)10)47(51(72)62-33)66(11)52(73)42(15-13-14-28-61-53(74)79-56(2,3)4)63-49(70)37-19-17-35(18-20-37)36-21-24-39(60)25-22-36/h16-27,29,31,33,42-43,47H,13-15,28,30,32H2,1-12H3,(H,61,74)(H,62,72)(H,63,70)(H,64,69)(H,65,71)/t33-,42-,43-,47-/m0/s1. The summed E-state index contributed by atoms with van der Waals surface area (Å²) in [5, 5.41) is 12.2. The van der Waals surface area contributed by atoms with Crippen molar-refractivity contribution in [2.75, 3.05) is 26.5 Å². The number of alkyl halides is 1. The van der Waals surface area contributed by atoms with E-state index in [0.29, 0.717) is 17.0 Å². The second-order valence-corrected chi connectivity index (χ2v) is 22.9. The summed E-state index contributed by atoms with van der Waals surface area (Å²) in [4.78, 5) is 125. The molecule has 436 valence electrons. The van der Waals surface area contributed by atoms with E-state index in [2.05, 4.69) is 26.7 Å². The van der Waals surface area contributed by atoms with E-state index in [1.54, 1.807) is 98.7 Å². The zero-order chi connectivity index (χ0) is 60.1. The third kappa shape index (κ3) is 19.4. The highest BCUT2D eigenvalue weighted by atomic mass is 35.5. The molecule has 0 radical (unpaired) electrons. The third-order valence-electron chi connectivity index (χ3n) is 11.9. The summed E-state index contributed by atoms with van der Waals surface area (Å²) in [5.74, 6) is -5.52. The highest BCUT2D eigenvalue weighted by Crippen LogP contribution is 2.41. The number of fused-ring (bicyclic) bond motifs is 5. The molecular weight excluding hydrogens is 1090 g/mol. The molecule has 4 atom stereocenters. The number of benzene rings is 4. The molecule has 0 unspecified atom stereocenters. The van der Waals surface area contributed by atoms with E-state index in [9.17, 15) is 33.6 Å². The van der Waals surface area contributed by atoms with Gasteiger partial charge >= 0.3 is 18.4 Å². The fourth-order valence-corrected chi connectivity index (χ4v) is 8.40. The molecule has 21 nitrogen and oxygen atoms in total. The lowest BCUT2D eigenvalue weighted by Gasteiger charge is -2.33. The Balaban J connectivity index is 1.67. The van der Waals surface area contributed by atoms with Gasteiger partial charge in [-0.05, 0) is 159 Å². The van der Waals surface area contributed by atoms with E-state index < -0.39 is 101 Å². The number of hydrogen-bond acceptors (Lipinski definition) is 14. The highest BCUT2D eigenvalue weighted by molar-refractivity contribution is 6.30. The number of hydrazine groups is 1. The molecule has 23 heteroatoms.